The fourth-order valence-electron chi connectivity index (χ4n) is 1.80. The van der Waals surface area contributed by atoms with Crippen LogP contribution in [0.2, 0.25) is 0 Å². The van der Waals surface area contributed by atoms with Crippen LogP contribution in [0, 0.1) is 6.92 Å². The average Bonchev–Trinajstić information content (AvgIpc) is 2.26. The first kappa shape index (κ1) is 12.6. The summed E-state index contributed by atoms with van der Waals surface area (Å²) < 4.78 is 5.24. The highest BCUT2D eigenvalue weighted by molar-refractivity contribution is 5.68. The summed E-state index contributed by atoms with van der Waals surface area (Å²) in [4.78, 5) is 10.7. The van der Waals surface area contributed by atoms with Gasteiger partial charge in [-0.25, -0.2) is 0 Å². The lowest BCUT2D eigenvalue weighted by Crippen LogP contribution is -2.05. The van der Waals surface area contributed by atoms with E-state index < -0.39 is 5.97 Å². The highest BCUT2D eigenvalue weighted by Gasteiger charge is 2.14. The Balaban J connectivity index is 2.96. The molecule has 0 saturated heterocycles. The Hall–Kier alpha value is -1.51. The van der Waals surface area contributed by atoms with Crippen molar-refractivity contribution in [3.05, 3.63) is 29.3 Å². The highest BCUT2D eigenvalue weighted by Crippen LogP contribution is 2.28. The van der Waals surface area contributed by atoms with Gasteiger partial charge in [0.2, 0.25) is 0 Å². The third-order valence-corrected chi connectivity index (χ3v) is 2.82. The van der Waals surface area contributed by atoms with Crippen molar-refractivity contribution >= 4 is 5.97 Å². The minimum absolute atomic E-state index is 0.0620. The molecular weight excluding hydrogens is 204 g/mol. The second-order valence-corrected chi connectivity index (χ2v) is 3.93. The van der Waals surface area contributed by atoms with Crippen molar-refractivity contribution in [1.82, 2.24) is 0 Å². The number of carboxylic acids is 1. The van der Waals surface area contributed by atoms with E-state index in [9.17, 15) is 4.79 Å². The zero-order valence-corrected chi connectivity index (χ0v) is 9.99. The van der Waals surface area contributed by atoms with Crippen molar-refractivity contribution in [1.29, 1.82) is 0 Å². The third kappa shape index (κ3) is 2.99. The predicted octanol–water partition coefficient (Wildman–Crippen LogP) is 2.97. The largest absolute Gasteiger partial charge is 0.496 e. The normalized spacial score (nSPS) is 12.2. The molecule has 0 aliphatic rings. The summed E-state index contributed by atoms with van der Waals surface area (Å²) in [7, 11) is 1.63. The maximum Gasteiger partial charge on any atom is 0.303 e. The van der Waals surface area contributed by atoms with Crippen LogP contribution < -0.4 is 4.74 Å². The van der Waals surface area contributed by atoms with Crippen molar-refractivity contribution in [3.8, 4) is 5.75 Å². The summed E-state index contributed by atoms with van der Waals surface area (Å²) in [6, 6.07) is 5.89. The van der Waals surface area contributed by atoms with Crippen LogP contribution in [-0.4, -0.2) is 18.2 Å². The molecule has 0 fully saturated rings. The molecule has 0 aromatic heterocycles. The minimum Gasteiger partial charge on any atom is -0.496 e. The van der Waals surface area contributed by atoms with Gasteiger partial charge in [0.25, 0.3) is 0 Å². The first-order valence-corrected chi connectivity index (χ1v) is 5.44. The van der Waals surface area contributed by atoms with Crippen LogP contribution in [-0.2, 0) is 4.79 Å². The number of carbonyl (C=O) groups is 1. The van der Waals surface area contributed by atoms with Crippen molar-refractivity contribution in [2.45, 2.75) is 32.6 Å². The lowest BCUT2D eigenvalue weighted by Gasteiger charge is -2.15. The zero-order valence-electron chi connectivity index (χ0n) is 9.99. The average molecular weight is 222 g/mol. The van der Waals surface area contributed by atoms with Gasteiger partial charge >= 0.3 is 5.97 Å². The van der Waals surface area contributed by atoms with E-state index in [2.05, 4.69) is 0 Å². The number of hydrogen-bond donors (Lipinski definition) is 1. The molecule has 16 heavy (non-hydrogen) atoms. The van der Waals surface area contributed by atoms with Gasteiger partial charge in [-0.05, 0) is 36.5 Å². The lowest BCUT2D eigenvalue weighted by atomic mass is 9.92. The molecule has 3 nitrogen and oxygen atoms in total. The number of aliphatic carboxylic acids is 1. The van der Waals surface area contributed by atoms with E-state index in [1.54, 1.807) is 7.11 Å². The summed E-state index contributed by atoms with van der Waals surface area (Å²) in [5.41, 5.74) is 2.10. The zero-order chi connectivity index (χ0) is 12.1. The molecule has 1 aromatic carbocycles. The lowest BCUT2D eigenvalue weighted by molar-refractivity contribution is -0.137. The van der Waals surface area contributed by atoms with E-state index in [0.717, 1.165) is 23.3 Å². The Morgan fingerprint density at radius 3 is 2.69 bits per heavy atom. The van der Waals surface area contributed by atoms with Gasteiger partial charge < -0.3 is 9.84 Å². The smallest absolute Gasteiger partial charge is 0.303 e. The van der Waals surface area contributed by atoms with E-state index in [1.165, 1.54) is 0 Å². The number of hydrogen-bond acceptors (Lipinski definition) is 2. The summed E-state index contributed by atoms with van der Waals surface area (Å²) in [5, 5.41) is 8.83. The predicted molar refractivity (Wildman–Crippen MR) is 63.0 cm³/mol. The van der Waals surface area contributed by atoms with E-state index in [4.69, 9.17) is 9.84 Å². The van der Waals surface area contributed by atoms with E-state index in [-0.39, 0.29) is 12.3 Å². The Kier molecular flexibility index (Phi) is 4.35. The van der Waals surface area contributed by atoms with Gasteiger partial charge in [-0.1, -0.05) is 19.1 Å². The van der Waals surface area contributed by atoms with Crippen molar-refractivity contribution < 1.29 is 14.6 Å². The second kappa shape index (κ2) is 5.54. The number of carboxylic acid groups (broad SMARTS) is 1. The molecule has 88 valence electrons. The molecule has 1 atom stereocenters. The molecule has 1 aromatic rings. The Morgan fingerprint density at radius 1 is 1.50 bits per heavy atom. The minimum atomic E-state index is -0.758. The third-order valence-electron chi connectivity index (χ3n) is 2.82. The molecule has 0 aliphatic heterocycles. The van der Waals surface area contributed by atoms with Crippen LogP contribution >= 0.6 is 0 Å². The first-order valence-electron chi connectivity index (χ1n) is 5.44. The Labute approximate surface area is 96.1 Å². The second-order valence-electron chi connectivity index (χ2n) is 3.93. The standard InChI is InChI=1S/C13H18O3/c1-4-10(8-13(14)15)11-6-5-9(2)12(7-11)16-3/h5-7,10H,4,8H2,1-3H3,(H,14,15)/t10-/m0/s1. The highest BCUT2D eigenvalue weighted by atomic mass is 16.5. The Morgan fingerprint density at radius 2 is 2.19 bits per heavy atom. The molecule has 0 aliphatic carbocycles. The van der Waals surface area contributed by atoms with E-state index in [0.29, 0.717) is 0 Å². The van der Waals surface area contributed by atoms with Crippen LogP contribution in [0.15, 0.2) is 18.2 Å². The summed E-state index contributed by atoms with van der Waals surface area (Å²) in [6.07, 6.45) is 0.987. The van der Waals surface area contributed by atoms with Crippen LogP contribution in [0.25, 0.3) is 0 Å². The molecule has 1 rings (SSSR count). The SMILES string of the molecule is CC[C@@H](CC(=O)O)c1ccc(C)c(OC)c1. The Bertz CT molecular complexity index is 371. The van der Waals surface area contributed by atoms with E-state index >= 15 is 0 Å². The molecule has 3 heteroatoms. The van der Waals surface area contributed by atoms with Gasteiger partial charge in [0.05, 0.1) is 13.5 Å². The van der Waals surface area contributed by atoms with Crippen LogP contribution in [0.4, 0.5) is 0 Å². The molecule has 1 N–H and O–H groups in total. The molecule has 0 heterocycles. The van der Waals surface area contributed by atoms with Gasteiger partial charge in [-0.3, -0.25) is 4.79 Å². The first-order chi connectivity index (χ1) is 7.58. The fourth-order valence-corrected chi connectivity index (χ4v) is 1.80. The van der Waals surface area contributed by atoms with Gasteiger partial charge in [-0.2, -0.15) is 0 Å². The molecule has 0 bridgehead atoms. The van der Waals surface area contributed by atoms with Crippen LogP contribution in [0.1, 0.15) is 36.8 Å². The van der Waals surface area contributed by atoms with Gasteiger partial charge in [-0.15, -0.1) is 0 Å². The van der Waals surface area contributed by atoms with Gasteiger partial charge in [0.1, 0.15) is 5.75 Å². The topological polar surface area (TPSA) is 46.5 Å². The summed E-state index contributed by atoms with van der Waals surface area (Å²) in [5.74, 6) is 0.125. The number of aryl methyl sites for hydroxylation is 1. The summed E-state index contributed by atoms with van der Waals surface area (Å²) in [6.45, 7) is 3.97. The number of benzene rings is 1. The van der Waals surface area contributed by atoms with Gasteiger partial charge in [0.15, 0.2) is 0 Å². The molecule has 0 saturated carbocycles. The number of methoxy groups -OCH3 is 1. The van der Waals surface area contributed by atoms with Crippen molar-refractivity contribution in [2.75, 3.05) is 7.11 Å². The maximum atomic E-state index is 10.7. The molecule has 0 radical (unpaired) electrons. The number of rotatable bonds is 5. The van der Waals surface area contributed by atoms with Crippen molar-refractivity contribution in [2.24, 2.45) is 0 Å². The van der Waals surface area contributed by atoms with Crippen molar-refractivity contribution in [3.63, 3.8) is 0 Å². The van der Waals surface area contributed by atoms with Gasteiger partial charge in [0, 0.05) is 0 Å². The monoisotopic (exact) mass is 222 g/mol. The molecule has 0 amide bonds. The number of ether oxygens (including phenoxy) is 1. The fraction of sp³-hybridized carbons (Fsp3) is 0.462. The molecular formula is C13H18O3. The maximum absolute atomic E-state index is 10.7. The molecule has 0 unspecified atom stereocenters. The molecule has 0 spiro atoms. The summed E-state index contributed by atoms with van der Waals surface area (Å²) >= 11 is 0. The van der Waals surface area contributed by atoms with E-state index in [1.807, 2.05) is 32.0 Å². The quantitative estimate of drug-likeness (QED) is 0.833. The van der Waals surface area contributed by atoms with Crippen LogP contribution in [0.3, 0.4) is 0 Å². The van der Waals surface area contributed by atoms with Crippen LogP contribution in [0.5, 0.6) is 5.75 Å².